The average molecular weight is 303 g/mol. The van der Waals surface area contributed by atoms with Crippen LogP contribution in [0.1, 0.15) is 28.7 Å². The lowest BCUT2D eigenvalue weighted by molar-refractivity contribution is 0.613. The van der Waals surface area contributed by atoms with Crippen molar-refractivity contribution >= 4 is 10.8 Å². The van der Waals surface area contributed by atoms with Crippen LogP contribution in [-0.2, 0) is 35.9 Å². The smallest absolute Gasteiger partial charge is 0.127 e. The predicted molar refractivity (Wildman–Crippen MR) is 82.9 cm³/mol. The van der Waals surface area contributed by atoms with E-state index in [9.17, 15) is 8.60 Å². The van der Waals surface area contributed by atoms with E-state index in [0.717, 1.165) is 23.3 Å². The van der Waals surface area contributed by atoms with Gasteiger partial charge in [0, 0.05) is 17.0 Å². The average Bonchev–Trinajstić information content (AvgIpc) is 2.96. The molecule has 0 heterocycles. The molecule has 0 aliphatic heterocycles. The summed E-state index contributed by atoms with van der Waals surface area (Å²) in [5.74, 6) is -0.123. The molecule has 4 heteroatoms. The number of hydrogen-bond acceptors (Lipinski definition) is 2. The summed E-state index contributed by atoms with van der Waals surface area (Å²) in [6.45, 7) is 0.311. The number of halogens is 1. The molecule has 1 unspecified atom stereocenters. The second-order valence-corrected chi connectivity index (χ2v) is 6.85. The lowest BCUT2D eigenvalue weighted by atomic mass is 10.1. The minimum Gasteiger partial charge on any atom is -0.326 e. The third-order valence-electron chi connectivity index (χ3n) is 3.97. The van der Waals surface area contributed by atoms with Gasteiger partial charge in [-0.2, -0.15) is 0 Å². The molecule has 0 saturated carbocycles. The van der Waals surface area contributed by atoms with Gasteiger partial charge >= 0.3 is 0 Å². The van der Waals surface area contributed by atoms with Gasteiger partial charge in [0.25, 0.3) is 0 Å². The maximum Gasteiger partial charge on any atom is 0.127 e. The predicted octanol–water partition coefficient (Wildman–Crippen LogP) is 3.08. The molecule has 1 aliphatic carbocycles. The fraction of sp³-hybridized carbons (Fsp3) is 0.294. The van der Waals surface area contributed by atoms with Crippen molar-refractivity contribution in [3.63, 3.8) is 0 Å². The molecule has 0 spiro atoms. The van der Waals surface area contributed by atoms with Crippen molar-refractivity contribution in [2.45, 2.75) is 36.5 Å². The summed E-state index contributed by atoms with van der Waals surface area (Å²) in [7, 11) is -1.22. The Morgan fingerprint density at radius 2 is 1.90 bits per heavy atom. The molecular weight excluding hydrogens is 285 g/mol. The van der Waals surface area contributed by atoms with Gasteiger partial charge in [0.1, 0.15) is 5.82 Å². The molecule has 2 N–H and O–H groups in total. The first-order valence-electron chi connectivity index (χ1n) is 7.15. The Kier molecular flexibility index (Phi) is 4.17. The molecule has 2 aromatic rings. The number of hydrogen-bond donors (Lipinski definition) is 1. The van der Waals surface area contributed by atoms with Crippen LogP contribution in [0.4, 0.5) is 4.39 Å². The van der Waals surface area contributed by atoms with Gasteiger partial charge in [-0.15, -0.1) is 0 Å². The Morgan fingerprint density at radius 3 is 2.67 bits per heavy atom. The zero-order chi connectivity index (χ0) is 14.8. The van der Waals surface area contributed by atoms with Crippen molar-refractivity contribution in [1.82, 2.24) is 0 Å². The molecule has 0 amide bonds. The molecule has 110 valence electrons. The third kappa shape index (κ3) is 3.06. The summed E-state index contributed by atoms with van der Waals surface area (Å²) < 4.78 is 26.4. The lowest BCUT2D eigenvalue weighted by Crippen LogP contribution is -2.02. The maximum atomic E-state index is 13.9. The molecule has 2 aromatic carbocycles. The van der Waals surface area contributed by atoms with Crippen LogP contribution in [-0.4, -0.2) is 4.21 Å². The molecule has 1 aliphatic rings. The second-order valence-electron chi connectivity index (χ2n) is 5.40. The monoisotopic (exact) mass is 303 g/mol. The highest BCUT2D eigenvalue weighted by molar-refractivity contribution is 7.84. The molecule has 3 rings (SSSR count). The van der Waals surface area contributed by atoms with Gasteiger partial charge in [0.15, 0.2) is 0 Å². The van der Waals surface area contributed by atoms with Crippen molar-refractivity contribution in [2.24, 2.45) is 5.73 Å². The second kappa shape index (κ2) is 6.08. The normalized spacial score (nSPS) is 15.0. The molecule has 0 saturated heterocycles. The quantitative estimate of drug-likeness (QED) is 0.943. The first-order valence-corrected chi connectivity index (χ1v) is 8.47. The van der Waals surface area contributed by atoms with E-state index in [1.54, 1.807) is 12.1 Å². The van der Waals surface area contributed by atoms with Crippen molar-refractivity contribution in [2.75, 3.05) is 0 Å². The van der Waals surface area contributed by atoms with Gasteiger partial charge in [-0.25, -0.2) is 4.39 Å². The zero-order valence-electron chi connectivity index (χ0n) is 11.8. The lowest BCUT2D eigenvalue weighted by Gasteiger charge is -2.07. The molecule has 2 nitrogen and oxygen atoms in total. The van der Waals surface area contributed by atoms with E-state index in [0.29, 0.717) is 12.1 Å². The summed E-state index contributed by atoms with van der Waals surface area (Å²) in [4.78, 5) is 0.790. The standard InChI is InChI=1S/C17H18FNOS/c18-17-8-12(10-19)4-5-15(17)11-21(20)16-7-6-13-2-1-3-14(13)9-16/h4-9H,1-3,10-11,19H2. The van der Waals surface area contributed by atoms with Crippen molar-refractivity contribution < 1.29 is 8.60 Å². The molecule has 0 bridgehead atoms. The first kappa shape index (κ1) is 14.4. The maximum absolute atomic E-state index is 13.9. The molecule has 0 aromatic heterocycles. The number of rotatable bonds is 4. The van der Waals surface area contributed by atoms with E-state index in [4.69, 9.17) is 5.73 Å². The van der Waals surface area contributed by atoms with Crippen molar-refractivity contribution in [1.29, 1.82) is 0 Å². The number of aryl methyl sites for hydroxylation is 2. The Balaban J connectivity index is 1.80. The zero-order valence-corrected chi connectivity index (χ0v) is 12.6. The molecular formula is C17H18FNOS. The van der Waals surface area contributed by atoms with E-state index in [-0.39, 0.29) is 11.6 Å². The summed E-state index contributed by atoms with van der Waals surface area (Å²) in [6.07, 6.45) is 3.33. The number of fused-ring (bicyclic) bond motifs is 1. The van der Waals surface area contributed by atoms with Crippen LogP contribution < -0.4 is 5.73 Å². The van der Waals surface area contributed by atoms with Crippen LogP contribution in [0.3, 0.4) is 0 Å². The fourth-order valence-electron chi connectivity index (χ4n) is 2.75. The van der Waals surface area contributed by atoms with E-state index < -0.39 is 10.8 Å². The Hall–Kier alpha value is -1.52. The van der Waals surface area contributed by atoms with Crippen LogP contribution in [0.2, 0.25) is 0 Å². The number of benzene rings is 2. The first-order chi connectivity index (χ1) is 10.2. The highest BCUT2D eigenvalue weighted by Gasteiger charge is 2.14. The van der Waals surface area contributed by atoms with Crippen molar-refractivity contribution in [3.8, 4) is 0 Å². The van der Waals surface area contributed by atoms with Crippen LogP contribution in [0.5, 0.6) is 0 Å². The van der Waals surface area contributed by atoms with E-state index in [1.165, 1.54) is 23.6 Å². The van der Waals surface area contributed by atoms with Crippen LogP contribution in [0, 0.1) is 5.82 Å². The Bertz CT molecular complexity index is 699. The topological polar surface area (TPSA) is 43.1 Å². The summed E-state index contributed by atoms with van der Waals surface area (Å²) in [6, 6.07) is 10.9. The fourth-order valence-corrected chi connectivity index (χ4v) is 3.93. The summed E-state index contributed by atoms with van der Waals surface area (Å²) in [5, 5.41) is 0. The number of nitrogens with two attached hydrogens (primary N) is 1. The highest BCUT2D eigenvalue weighted by Crippen LogP contribution is 2.25. The molecule has 0 radical (unpaired) electrons. The highest BCUT2D eigenvalue weighted by atomic mass is 32.2. The third-order valence-corrected chi connectivity index (χ3v) is 5.33. The Morgan fingerprint density at radius 1 is 1.10 bits per heavy atom. The van der Waals surface area contributed by atoms with Gasteiger partial charge in [0.05, 0.1) is 16.6 Å². The van der Waals surface area contributed by atoms with E-state index >= 15 is 0 Å². The molecule has 1 atom stereocenters. The Labute approximate surface area is 126 Å². The van der Waals surface area contributed by atoms with Gasteiger partial charge in [-0.3, -0.25) is 4.21 Å². The van der Waals surface area contributed by atoms with Crippen LogP contribution in [0.15, 0.2) is 41.3 Å². The van der Waals surface area contributed by atoms with Gasteiger partial charge in [-0.05, 0) is 54.2 Å². The summed E-state index contributed by atoms with van der Waals surface area (Å²) >= 11 is 0. The minimum atomic E-state index is -1.22. The SMILES string of the molecule is NCc1ccc(CS(=O)c2ccc3c(c2)CCC3)c(F)c1. The molecule has 21 heavy (non-hydrogen) atoms. The largest absolute Gasteiger partial charge is 0.326 e. The minimum absolute atomic E-state index is 0.204. The van der Waals surface area contributed by atoms with Gasteiger partial charge < -0.3 is 5.73 Å². The van der Waals surface area contributed by atoms with E-state index in [2.05, 4.69) is 6.07 Å². The summed E-state index contributed by atoms with van der Waals surface area (Å²) in [5.41, 5.74) is 9.36. The van der Waals surface area contributed by atoms with Gasteiger partial charge in [0.2, 0.25) is 0 Å². The molecule has 0 fully saturated rings. The van der Waals surface area contributed by atoms with Gasteiger partial charge in [-0.1, -0.05) is 18.2 Å². The van der Waals surface area contributed by atoms with Crippen LogP contribution >= 0.6 is 0 Å². The van der Waals surface area contributed by atoms with Crippen molar-refractivity contribution in [3.05, 3.63) is 64.5 Å². The van der Waals surface area contributed by atoms with Crippen LogP contribution in [0.25, 0.3) is 0 Å². The van der Waals surface area contributed by atoms with E-state index in [1.807, 2.05) is 12.1 Å².